The lowest BCUT2D eigenvalue weighted by Crippen LogP contribution is -2.56. The smallest absolute Gasteiger partial charge is 0.333 e. The molecular weight excluding hydrogens is 587 g/mol. The van der Waals surface area contributed by atoms with Gasteiger partial charge in [-0.25, -0.2) is 9.97 Å². The molecule has 0 N–H and O–H groups in total. The van der Waals surface area contributed by atoms with Crippen LogP contribution < -0.4 is 15.8 Å². The summed E-state index contributed by atoms with van der Waals surface area (Å²) in [6.45, 7) is -0.0828. The third-order valence-electron chi connectivity index (χ3n) is 10.5. The van der Waals surface area contributed by atoms with Crippen molar-refractivity contribution < 1.29 is 4.42 Å². The highest BCUT2D eigenvalue weighted by Crippen LogP contribution is 2.48. The molecule has 2 aliphatic heterocycles. The summed E-state index contributed by atoms with van der Waals surface area (Å²) >= 11 is 0. The van der Waals surface area contributed by atoms with Crippen molar-refractivity contribution >= 4 is 101 Å². The van der Waals surface area contributed by atoms with Crippen LogP contribution in [0.3, 0.4) is 0 Å². The fraction of sp³-hybridized carbons (Fsp3) is 0. The number of nitrogens with zero attached hydrogens (tertiary/aromatic N) is 4. The maximum absolute atomic E-state index is 6.71. The van der Waals surface area contributed by atoms with Crippen LogP contribution in [0.5, 0.6) is 0 Å². The first-order valence-electron chi connectivity index (χ1n) is 16.4. The first-order chi connectivity index (χ1) is 23.8. The van der Waals surface area contributed by atoms with E-state index in [-0.39, 0.29) is 6.85 Å². The Kier molecular flexibility index (Phi) is 4.49. The largest absolute Gasteiger partial charge is 0.455 e. The highest BCUT2D eigenvalue weighted by atomic mass is 16.3. The van der Waals surface area contributed by atoms with E-state index in [0.717, 1.165) is 55.4 Å². The van der Waals surface area contributed by atoms with Crippen molar-refractivity contribution in [2.24, 2.45) is 0 Å². The summed E-state index contributed by atoms with van der Waals surface area (Å²) < 4.78 is 9.28. The van der Waals surface area contributed by atoms with Crippen LogP contribution in [0.15, 0.2) is 144 Å². The molecule has 0 saturated heterocycles. The molecule has 0 aliphatic carbocycles. The molecule has 5 heterocycles. The lowest BCUT2D eigenvalue weighted by molar-refractivity contribution is 0.673. The zero-order valence-corrected chi connectivity index (χ0v) is 25.6. The van der Waals surface area contributed by atoms with Gasteiger partial charge in [0.25, 0.3) is 0 Å². The van der Waals surface area contributed by atoms with E-state index in [4.69, 9.17) is 14.4 Å². The van der Waals surface area contributed by atoms with Crippen molar-refractivity contribution in [1.82, 2.24) is 14.4 Å². The van der Waals surface area contributed by atoms with Gasteiger partial charge in [-0.05, 0) is 77.2 Å². The second-order valence-corrected chi connectivity index (χ2v) is 12.9. The number of rotatable bonds is 1. The molecule has 12 rings (SSSR count). The zero-order chi connectivity index (χ0) is 31.1. The number of para-hydroxylation sites is 5. The van der Waals surface area contributed by atoms with Gasteiger partial charge in [0.15, 0.2) is 0 Å². The average Bonchev–Trinajstić information content (AvgIpc) is 3.68. The SMILES string of the molecule is c1ccc(N2c3cc4nc5ccccc5nc4cc3B3c4c(cccc42)-c2cc4c5ccccc5oc4c4c5ccccc5n3c24)cc1. The third kappa shape index (κ3) is 2.99. The van der Waals surface area contributed by atoms with Gasteiger partial charge >= 0.3 is 6.85 Å². The van der Waals surface area contributed by atoms with Gasteiger partial charge < -0.3 is 13.8 Å². The van der Waals surface area contributed by atoms with Crippen LogP contribution in [-0.4, -0.2) is 21.3 Å². The van der Waals surface area contributed by atoms with E-state index in [9.17, 15) is 0 Å². The minimum absolute atomic E-state index is 0.0828. The van der Waals surface area contributed by atoms with Crippen molar-refractivity contribution in [3.8, 4) is 11.1 Å². The summed E-state index contributed by atoms with van der Waals surface area (Å²) in [4.78, 5) is 12.7. The summed E-state index contributed by atoms with van der Waals surface area (Å²) in [5.41, 5.74) is 16.2. The van der Waals surface area contributed by atoms with Crippen LogP contribution in [0.1, 0.15) is 0 Å². The third-order valence-corrected chi connectivity index (χ3v) is 10.5. The Morgan fingerprint density at radius 3 is 2.12 bits per heavy atom. The summed E-state index contributed by atoms with van der Waals surface area (Å²) in [7, 11) is 0. The van der Waals surface area contributed by atoms with E-state index in [1.807, 2.05) is 24.3 Å². The molecule has 6 heteroatoms. The highest BCUT2D eigenvalue weighted by Gasteiger charge is 2.43. The Morgan fingerprint density at radius 2 is 1.27 bits per heavy atom. The monoisotopic (exact) mass is 610 g/mol. The molecule has 10 aromatic rings. The topological polar surface area (TPSA) is 47.1 Å². The van der Waals surface area contributed by atoms with Gasteiger partial charge in [-0.3, -0.25) is 0 Å². The van der Waals surface area contributed by atoms with Crippen molar-refractivity contribution in [3.05, 3.63) is 140 Å². The fourth-order valence-electron chi connectivity index (χ4n) is 8.60. The highest BCUT2D eigenvalue weighted by molar-refractivity contribution is 6.90. The molecule has 2 aliphatic rings. The van der Waals surface area contributed by atoms with Crippen LogP contribution in [0, 0.1) is 0 Å². The Morgan fingerprint density at radius 1 is 0.542 bits per heavy atom. The molecule has 0 bridgehead atoms. The molecule has 220 valence electrons. The van der Waals surface area contributed by atoms with Gasteiger partial charge in [-0.2, -0.15) is 0 Å². The summed E-state index contributed by atoms with van der Waals surface area (Å²) in [5.74, 6) is 0. The van der Waals surface area contributed by atoms with E-state index < -0.39 is 0 Å². The van der Waals surface area contributed by atoms with Gasteiger partial charge in [0.2, 0.25) is 0 Å². The summed E-state index contributed by atoms with van der Waals surface area (Å²) in [6, 6.07) is 49.7. The fourth-order valence-corrected chi connectivity index (χ4v) is 8.60. The zero-order valence-electron chi connectivity index (χ0n) is 25.6. The van der Waals surface area contributed by atoms with E-state index in [1.165, 1.54) is 49.5 Å². The van der Waals surface area contributed by atoms with Gasteiger partial charge in [0.1, 0.15) is 11.2 Å². The molecule has 0 saturated carbocycles. The molecule has 0 atom stereocenters. The molecule has 7 aromatic carbocycles. The van der Waals surface area contributed by atoms with E-state index in [1.54, 1.807) is 0 Å². The number of fused-ring (bicyclic) bond motifs is 13. The molecule has 3 aromatic heterocycles. The average molecular weight is 610 g/mol. The van der Waals surface area contributed by atoms with Crippen molar-refractivity contribution in [2.45, 2.75) is 0 Å². The van der Waals surface area contributed by atoms with Crippen molar-refractivity contribution in [3.63, 3.8) is 0 Å². The summed E-state index contributed by atoms with van der Waals surface area (Å²) in [6.07, 6.45) is 0. The maximum Gasteiger partial charge on any atom is 0.333 e. The molecular formula is C42H23BN4O. The molecule has 5 nitrogen and oxygen atoms in total. The second kappa shape index (κ2) is 8.69. The Bertz CT molecular complexity index is 3030. The number of benzene rings is 7. The van der Waals surface area contributed by atoms with Gasteiger partial charge in [0, 0.05) is 49.8 Å². The van der Waals surface area contributed by atoms with Crippen LogP contribution >= 0.6 is 0 Å². The van der Waals surface area contributed by atoms with Crippen LogP contribution in [0.25, 0.3) is 76.9 Å². The number of furan rings is 1. The van der Waals surface area contributed by atoms with Gasteiger partial charge in [-0.15, -0.1) is 0 Å². The standard InChI is InChI=1S/C42H23BN4O/c1-2-11-24(12-3-1)46-36-19-10-15-26-28-21-29-25-13-5-9-20-38(25)48-42(29)39-27-14-4-8-18-35(27)47(41(28)39)43(40(26)36)30-22-33-34(23-37(30)46)45-32-17-7-6-16-31(32)44-33/h1-23H. The molecule has 0 fully saturated rings. The Labute approximate surface area is 274 Å². The maximum atomic E-state index is 6.71. The molecule has 0 spiro atoms. The molecule has 0 radical (unpaired) electrons. The second-order valence-electron chi connectivity index (χ2n) is 12.9. The Hall–Kier alpha value is -6.40. The minimum atomic E-state index is -0.0828. The number of anilines is 3. The first-order valence-corrected chi connectivity index (χ1v) is 16.4. The number of aromatic nitrogens is 3. The van der Waals surface area contributed by atoms with Crippen LogP contribution in [0.2, 0.25) is 0 Å². The quantitative estimate of drug-likeness (QED) is 0.137. The minimum Gasteiger partial charge on any atom is -0.455 e. The van der Waals surface area contributed by atoms with Crippen LogP contribution in [0.4, 0.5) is 17.1 Å². The van der Waals surface area contributed by atoms with Gasteiger partial charge in [-0.1, -0.05) is 78.9 Å². The lowest BCUT2D eigenvalue weighted by atomic mass is 9.45. The number of hydrogen-bond acceptors (Lipinski definition) is 4. The van der Waals surface area contributed by atoms with Gasteiger partial charge in [0.05, 0.1) is 27.5 Å². The van der Waals surface area contributed by atoms with E-state index in [2.05, 4.69) is 125 Å². The van der Waals surface area contributed by atoms with Crippen molar-refractivity contribution in [1.29, 1.82) is 0 Å². The van der Waals surface area contributed by atoms with Crippen molar-refractivity contribution in [2.75, 3.05) is 4.90 Å². The molecule has 0 amide bonds. The molecule has 48 heavy (non-hydrogen) atoms. The normalized spacial score (nSPS) is 13.3. The molecule has 0 unspecified atom stereocenters. The lowest BCUT2D eigenvalue weighted by Gasteiger charge is -2.40. The van der Waals surface area contributed by atoms with E-state index in [0.29, 0.717) is 0 Å². The summed E-state index contributed by atoms with van der Waals surface area (Å²) in [5, 5.41) is 4.66. The number of hydrogen-bond donors (Lipinski definition) is 0. The first kappa shape index (κ1) is 24.8. The van der Waals surface area contributed by atoms with Crippen LogP contribution in [-0.2, 0) is 0 Å². The predicted octanol–water partition coefficient (Wildman–Crippen LogP) is 9.21. The Balaban J connectivity index is 1.29. The van der Waals surface area contributed by atoms with E-state index >= 15 is 0 Å². The predicted molar refractivity (Wildman–Crippen MR) is 198 cm³/mol.